The number of aromatic amines is 4. The maximum absolute atomic E-state index is 12.2. The van der Waals surface area contributed by atoms with Gasteiger partial charge in [-0.1, -0.05) is 0 Å². The third kappa shape index (κ3) is 2.29. The fourth-order valence-electron chi connectivity index (χ4n) is 2.32. The van der Waals surface area contributed by atoms with Crippen LogP contribution in [-0.2, 0) is 4.74 Å². The number of fused-ring (bicyclic) bond motifs is 2. The first kappa shape index (κ1) is 15.9. The minimum absolute atomic E-state index is 0.0353. The number of rotatable bonds is 0. The molecule has 0 spiro atoms. The fourth-order valence-corrected chi connectivity index (χ4v) is 2.32. The van der Waals surface area contributed by atoms with Crippen LogP contribution in [0.3, 0.4) is 0 Å². The predicted octanol–water partition coefficient (Wildman–Crippen LogP) is -2.21. The molecule has 15 heteroatoms. The van der Waals surface area contributed by atoms with Gasteiger partial charge < -0.3 is 14.7 Å². The minimum atomic E-state index is -1.72. The molecular formula is C12H6N8O7. The maximum Gasteiger partial charge on any atom is 0.434 e. The lowest BCUT2D eigenvalue weighted by Gasteiger charge is -2.05. The number of carbonyl (C=O) groups is 2. The van der Waals surface area contributed by atoms with E-state index in [1.54, 1.807) is 0 Å². The van der Waals surface area contributed by atoms with Gasteiger partial charge >= 0.3 is 23.6 Å². The molecule has 0 aromatic carbocycles. The molecule has 0 bridgehead atoms. The van der Waals surface area contributed by atoms with E-state index in [9.17, 15) is 28.8 Å². The van der Waals surface area contributed by atoms with Crippen molar-refractivity contribution in [1.29, 1.82) is 0 Å². The van der Waals surface area contributed by atoms with Crippen LogP contribution in [0.4, 0.5) is 9.59 Å². The summed E-state index contributed by atoms with van der Waals surface area (Å²) < 4.78 is 4.27. The molecule has 4 heterocycles. The zero-order valence-electron chi connectivity index (χ0n) is 12.8. The standard InChI is InChI=1S/C12H6N8O7/c21-7-3-5(15-1-13-3)17-9(23)19(7)11(25)27-12(26)20-8(22)4-6(16-2-14-4)18-10(20)24/h1-2H,(H,13,15)(H,14,16)(H,17,23)(H,18,24). The van der Waals surface area contributed by atoms with E-state index in [2.05, 4.69) is 34.6 Å². The monoisotopic (exact) mass is 374 g/mol. The first-order valence-electron chi connectivity index (χ1n) is 7.02. The second-order valence-electron chi connectivity index (χ2n) is 5.03. The number of H-pyrrole nitrogens is 4. The van der Waals surface area contributed by atoms with Crippen LogP contribution >= 0.6 is 0 Å². The number of carbonyl (C=O) groups excluding carboxylic acids is 2. The van der Waals surface area contributed by atoms with Gasteiger partial charge in [0.15, 0.2) is 11.3 Å². The van der Waals surface area contributed by atoms with Crippen LogP contribution in [0.2, 0.25) is 0 Å². The molecule has 0 amide bonds. The van der Waals surface area contributed by atoms with Crippen molar-refractivity contribution in [2.24, 2.45) is 0 Å². The molecule has 4 aromatic rings. The molecule has 0 saturated carbocycles. The molecule has 0 aliphatic rings. The van der Waals surface area contributed by atoms with Gasteiger partial charge in [-0.3, -0.25) is 19.6 Å². The van der Waals surface area contributed by atoms with E-state index in [1.165, 1.54) is 0 Å². The van der Waals surface area contributed by atoms with Crippen molar-refractivity contribution >= 4 is 34.5 Å². The van der Waals surface area contributed by atoms with Crippen molar-refractivity contribution in [3.05, 3.63) is 54.3 Å². The quantitative estimate of drug-likeness (QED) is 0.245. The summed E-state index contributed by atoms with van der Waals surface area (Å²) in [6, 6.07) is 0. The van der Waals surface area contributed by atoms with E-state index in [1.807, 2.05) is 0 Å². The molecule has 0 unspecified atom stereocenters. The Morgan fingerprint density at radius 1 is 0.778 bits per heavy atom. The molecule has 0 radical (unpaired) electrons. The van der Waals surface area contributed by atoms with E-state index in [0.717, 1.165) is 12.7 Å². The second kappa shape index (κ2) is 5.48. The molecular weight excluding hydrogens is 368 g/mol. The molecule has 4 aromatic heterocycles. The summed E-state index contributed by atoms with van der Waals surface area (Å²) in [6.45, 7) is 0. The van der Waals surface area contributed by atoms with Gasteiger partial charge in [-0.05, 0) is 0 Å². The molecule has 0 fully saturated rings. The highest BCUT2D eigenvalue weighted by Gasteiger charge is 2.24. The van der Waals surface area contributed by atoms with E-state index in [-0.39, 0.29) is 31.5 Å². The van der Waals surface area contributed by atoms with Crippen molar-refractivity contribution in [3.63, 3.8) is 0 Å². The highest BCUT2D eigenvalue weighted by molar-refractivity contribution is 5.87. The Morgan fingerprint density at radius 2 is 1.19 bits per heavy atom. The number of imidazole rings is 2. The van der Waals surface area contributed by atoms with Crippen LogP contribution in [0.25, 0.3) is 22.3 Å². The first-order chi connectivity index (χ1) is 12.9. The van der Waals surface area contributed by atoms with E-state index in [4.69, 9.17) is 0 Å². The van der Waals surface area contributed by atoms with Crippen LogP contribution in [0.15, 0.2) is 31.8 Å². The largest absolute Gasteiger partial charge is 0.434 e. The summed E-state index contributed by atoms with van der Waals surface area (Å²) >= 11 is 0. The van der Waals surface area contributed by atoms with Gasteiger partial charge in [-0.25, -0.2) is 29.1 Å². The van der Waals surface area contributed by atoms with Crippen LogP contribution in [-0.4, -0.2) is 51.2 Å². The van der Waals surface area contributed by atoms with Gasteiger partial charge in [0.25, 0.3) is 11.1 Å². The van der Waals surface area contributed by atoms with Crippen LogP contribution < -0.4 is 22.5 Å². The van der Waals surface area contributed by atoms with Crippen molar-refractivity contribution < 1.29 is 14.3 Å². The summed E-state index contributed by atoms with van der Waals surface area (Å²) in [4.78, 5) is 88.6. The number of hydrogen-bond acceptors (Lipinski definition) is 9. The SMILES string of the molecule is O=C(OC(=O)n1c(=O)[nH]c2nc[nH]c2c1=O)n1c(=O)[nH]c2nc[nH]c2c1=O. The summed E-state index contributed by atoms with van der Waals surface area (Å²) in [5.74, 6) is 0. The smallest absolute Gasteiger partial charge is 0.358 e. The summed E-state index contributed by atoms with van der Waals surface area (Å²) in [5, 5.41) is 0. The van der Waals surface area contributed by atoms with E-state index in [0.29, 0.717) is 0 Å². The Labute approximate surface area is 143 Å². The molecule has 0 atom stereocenters. The lowest BCUT2D eigenvalue weighted by atomic mass is 10.5. The topological polar surface area (TPSA) is 210 Å². The van der Waals surface area contributed by atoms with Crippen molar-refractivity contribution in [3.8, 4) is 0 Å². The zero-order valence-corrected chi connectivity index (χ0v) is 12.8. The Morgan fingerprint density at radius 3 is 1.59 bits per heavy atom. The molecule has 136 valence electrons. The van der Waals surface area contributed by atoms with Gasteiger partial charge in [0.2, 0.25) is 0 Å². The highest BCUT2D eigenvalue weighted by Crippen LogP contribution is 1.98. The number of ether oxygens (including phenoxy) is 1. The van der Waals surface area contributed by atoms with Crippen molar-refractivity contribution in [2.75, 3.05) is 0 Å². The molecule has 0 aliphatic heterocycles. The Balaban J connectivity index is 1.77. The molecule has 0 aliphatic carbocycles. The van der Waals surface area contributed by atoms with Gasteiger partial charge in [-0.15, -0.1) is 0 Å². The lowest BCUT2D eigenvalue weighted by molar-refractivity contribution is 0.149. The lowest BCUT2D eigenvalue weighted by Crippen LogP contribution is -2.45. The van der Waals surface area contributed by atoms with Crippen molar-refractivity contribution in [1.82, 2.24) is 39.0 Å². The van der Waals surface area contributed by atoms with E-state index < -0.39 is 34.7 Å². The van der Waals surface area contributed by atoms with Gasteiger partial charge in [0, 0.05) is 0 Å². The average Bonchev–Trinajstić information content (AvgIpc) is 3.23. The summed E-state index contributed by atoms with van der Waals surface area (Å²) in [7, 11) is 0. The maximum atomic E-state index is 12.2. The van der Waals surface area contributed by atoms with Crippen molar-refractivity contribution in [2.45, 2.75) is 0 Å². The number of aromatic nitrogens is 8. The van der Waals surface area contributed by atoms with Gasteiger partial charge in [0.05, 0.1) is 12.7 Å². The fraction of sp³-hybridized carbons (Fsp3) is 0. The van der Waals surface area contributed by atoms with Crippen LogP contribution in [0.1, 0.15) is 0 Å². The predicted molar refractivity (Wildman–Crippen MR) is 84.6 cm³/mol. The second-order valence-corrected chi connectivity index (χ2v) is 5.03. The first-order valence-corrected chi connectivity index (χ1v) is 7.02. The Kier molecular flexibility index (Phi) is 3.23. The third-order valence-electron chi connectivity index (χ3n) is 3.51. The highest BCUT2D eigenvalue weighted by atomic mass is 16.6. The number of hydrogen-bond donors (Lipinski definition) is 4. The zero-order chi connectivity index (χ0) is 19.3. The minimum Gasteiger partial charge on any atom is -0.358 e. The average molecular weight is 374 g/mol. The van der Waals surface area contributed by atoms with E-state index >= 15 is 0 Å². The summed E-state index contributed by atoms with van der Waals surface area (Å²) in [5.41, 5.74) is -5.44. The van der Waals surface area contributed by atoms with Gasteiger partial charge in [-0.2, -0.15) is 9.13 Å². The molecule has 27 heavy (non-hydrogen) atoms. The summed E-state index contributed by atoms with van der Waals surface area (Å²) in [6.07, 6.45) is -1.25. The normalized spacial score (nSPS) is 11.1. The third-order valence-corrected chi connectivity index (χ3v) is 3.51. The number of nitrogens with zero attached hydrogens (tertiary/aromatic N) is 4. The molecule has 4 N–H and O–H groups in total. The number of nitrogens with one attached hydrogen (secondary N) is 4. The molecule has 15 nitrogen and oxygen atoms in total. The van der Waals surface area contributed by atoms with Crippen LogP contribution in [0.5, 0.6) is 0 Å². The molecule has 0 saturated heterocycles. The Hall–Kier alpha value is -4.56. The van der Waals surface area contributed by atoms with Crippen LogP contribution in [0, 0.1) is 0 Å². The Bertz CT molecular complexity index is 1360. The molecule has 4 rings (SSSR count). The van der Waals surface area contributed by atoms with Gasteiger partial charge in [0.1, 0.15) is 11.0 Å².